The van der Waals surface area contributed by atoms with Gasteiger partial charge in [-0.25, -0.2) is 9.59 Å². The van der Waals surface area contributed by atoms with E-state index in [1.54, 1.807) is 36.4 Å². The van der Waals surface area contributed by atoms with E-state index < -0.39 is 11.9 Å². The summed E-state index contributed by atoms with van der Waals surface area (Å²) in [6.45, 7) is 0. The van der Waals surface area contributed by atoms with Gasteiger partial charge >= 0.3 is 11.9 Å². The summed E-state index contributed by atoms with van der Waals surface area (Å²) in [6, 6.07) is 23.5. The van der Waals surface area contributed by atoms with Crippen molar-refractivity contribution in [2.45, 2.75) is 9.79 Å². The molecule has 0 aliphatic heterocycles. The molecule has 0 unspecified atom stereocenters. The summed E-state index contributed by atoms with van der Waals surface area (Å²) in [5.74, 6) is -2.06. The first kappa shape index (κ1) is 22.2. The molecule has 0 spiro atoms. The zero-order valence-corrected chi connectivity index (χ0v) is 17.4. The minimum absolute atomic E-state index is 0.160. The Hall–Kier alpha value is -3.09. The van der Waals surface area contributed by atoms with Crippen LogP contribution in [0.2, 0.25) is 0 Å². The topological polar surface area (TPSA) is 74.6 Å². The lowest BCUT2D eigenvalue weighted by molar-refractivity contribution is 0.0683. The number of quaternary nitrogens is 1. The number of carboxylic acid groups (broad SMARTS) is 2. The molecule has 29 heavy (non-hydrogen) atoms. The molecule has 0 saturated heterocycles. The second kappa shape index (κ2) is 9.91. The van der Waals surface area contributed by atoms with Crippen LogP contribution in [0.15, 0.2) is 88.7 Å². The second-order valence-electron chi connectivity index (χ2n) is 7.05. The Morgan fingerprint density at radius 3 is 1.38 bits per heavy atom. The van der Waals surface area contributed by atoms with Gasteiger partial charge in [-0.1, -0.05) is 54.2 Å². The fourth-order valence-electron chi connectivity index (χ4n) is 2.46. The zero-order chi connectivity index (χ0) is 21.4. The Morgan fingerprint density at radius 1 is 0.655 bits per heavy atom. The number of nitrogens with zero attached hydrogens (tertiary/aromatic N) is 1. The molecule has 3 aromatic rings. The van der Waals surface area contributed by atoms with Crippen LogP contribution in [0.5, 0.6) is 0 Å². The van der Waals surface area contributed by atoms with Gasteiger partial charge in [0.1, 0.15) is 5.69 Å². The van der Waals surface area contributed by atoms with Crippen LogP contribution in [-0.2, 0) is 0 Å². The van der Waals surface area contributed by atoms with E-state index in [0.717, 1.165) is 16.2 Å². The minimum Gasteiger partial charge on any atom is -0.478 e. The lowest BCUT2D eigenvalue weighted by Gasteiger charge is -2.22. The van der Waals surface area contributed by atoms with Gasteiger partial charge in [-0.15, -0.1) is 0 Å². The number of para-hydroxylation sites is 1. The van der Waals surface area contributed by atoms with E-state index >= 15 is 0 Å². The van der Waals surface area contributed by atoms with Crippen LogP contribution < -0.4 is 4.48 Å². The van der Waals surface area contributed by atoms with Crippen molar-refractivity contribution >= 4 is 29.4 Å². The van der Waals surface area contributed by atoms with E-state index in [4.69, 9.17) is 10.2 Å². The summed E-state index contributed by atoms with van der Waals surface area (Å²) in [5.41, 5.74) is 1.66. The molecule has 6 heteroatoms. The molecule has 3 rings (SSSR count). The molecule has 2 N–H and O–H groups in total. The van der Waals surface area contributed by atoms with Crippen LogP contribution in [0.25, 0.3) is 0 Å². The predicted molar refractivity (Wildman–Crippen MR) is 117 cm³/mol. The third-order valence-corrected chi connectivity index (χ3v) is 5.14. The highest BCUT2D eigenvalue weighted by molar-refractivity contribution is 7.99. The van der Waals surface area contributed by atoms with Gasteiger partial charge in [-0.05, 0) is 36.4 Å². The van der Waals surface area contributed by atoms with Crippen LogP contribution in [-0.4, -0.2) is 43.3 Å². The van der Waals surface area contributed by atoms with Gasteiger partial charge in [0.05, 0.1) is 32.3 Å². The summed E-state index contributed by atoms with van der Waals surface area (Å²) in [6.07, 6.45) is 0. The molecule has 0 aromatic heterocycles. The average molecular weight is 411 g/mol. The maximum Gasteiger partial charge on any atom is 0.336 e. The smallest absolute Gasteiger partial charge is 0.336 e. The number of hydrogen-bond acceptors (Lipinski definition) is 3. The molecule has 150 valence electrons. The second-order valence-corrected chi connectivity index (χ2v) is 8.14. The van der Waals surface area contributed by atoms with Gasteiger partial charge in [0, 0.05) is 9.79 Å². The number of aromatic carboxylic acids is 2. The minimum atomic E-state index is -1.03. The molecule has 0 fully saturated rings. The van der Waals surface area contributed by atoms with Gasteiger partial charge in [0.25, 0.3) is 0 Å². The van der Waals surface area contributed by atoms with Crippen LogP contribution in [0.4, 0.5) is 5.69 Å². The number of hydrogen-bond donors (Lipinski definition) is 2. The van der Waals surface area contributed by atoms with E-state index in [9.17, 15) is 9.59 Å². The molecule has 0 radical (unpaired) electrons. The lowest BCUT2D eigenvalue weighted by Crippen LogP contribution is -2.34. The van der Waals surface area contributed by atoms with Crippen LogP contribution in [0.1, 0.15) is 20.7 Å². The fraction of sp³-hybridized carbons (Fsp3) is 0.130. The highest BCUT2D eigenvalue weighted by Gasteiger charge is 2.14. The Kier molecular flexibility index (Phi) is 7.59. The number of rotatable bonds is 5. The van der Waals surface area contributed by atoms with Crippen molar-refractivity contribution in [1.29, 1.82) is 0 Å². The summed E-state index contributed by atoms with van der Waals surface area (Å²) in [7, 11) is 6.49. The van der Waals surface area contributed by atoms with Crippen molar-refractivity contribution in [3.63, 3.8) is 0 Å². The van der Waals surface area contributed by atoms with Crippen LogP contribution in [0.3, 0.4) is 0 Å². The van der Waals surface area contributed by atoms with Crippen LogP contribution in [0, 0.1) is 0 Å². The largest absolute Gasteiger partial charge is 0.478 e. The molecule has 0 aliphatic rings. The zero-order valence-electron chi connectivity index (χ0n) is 16.6. The van der Waals surface area contributed by atoms with Crippen LogP contribution >= 0.6 is 11.8 Å². The van der Waals surface area contributed by atoms with Crippen molar-refractivity contribution < 1.29 is 19.8 Å². The molecule has 0 heterocycles. The van der Waals surface area contributed by atoms with E-state index in [-0.39, 0.29) is 11.1 Å². The first-order valence-corrected chi connectivity index (χ1v) is 9.71. The van der Waals surface area contributed by atoms with Crippen molar-refractivity contribution in [2.24, 2.45) is 0 Å². The number of benzene rings is 3. The summed E-state index contributed by atoms with van der Waals surface area (Å²) >= 11 is 1.14. The maximum absolute atomic E-state index is 11.1. The molecule has 0 bridgehead atoms. The first-order valence-electron chi connectivity index (χ1n) is 8.89. The fourth-order valence-corrected chi connectivity index (χ4v) is 3.52. The Labute approximate surface area is 174 Å². The summed E-state index contributed by atoms with van der Waals surface area (Å²) in [4.78, 5) is 23.2. The van der Waals surface area contributed by atoms with Crippen molar-refractivity contribution in [3.8, 4) is 0 Å². The van der Waals surface area contributed by atoms with E-state index in [1.165, 1.54) is 17.8 Å². The molecule has 0 saturated carbocycles. The molecular weight excluding hydrogens is 386 g/mol. The third kappa shape index (κ3) is 6.48. The number of carboxylic acids is 2. The van der Waals surface area contributed by atoms with Crippen molar-refractivity contribution in [1.82, 2.24) is 4.48 Å². The Morgan fingerprint density at radius 2 is 1.03 bits per heavy atom. The van der Waals surface area contributed by atoms with Gasteiger partial charge < -0.3 is 10.2 Å². The first-order chi connectivity index (χ1) is 13.7. The van der Waals surface area contributed by atoms with Crippen molar-refractivity contribution in [2.75, 3.05) is 21.1 Å². The van der Waals surface area contributed by atoms with Crippen molar-refractivity contribution in [3.05, 3.63) is 90.0 Å². The number of carbonyl (C=O) groups is 2. The highest BCUT2D eigenvalue weighted by Crippen LogP contribution is 2.32. The van der Waals surface area contributed by atoms with E-state index in [2.05, 4.69) is 45.4 Å². The maximum atomic E-state index is 11.1. The highest BCUT2D eigenvalue weighted by atomic mass is 32.2. The molecule has 0 aliphatic carbocycles. The Balaban J connectivity index is 0.000000253. The van der Waals surface area contributed by atoms with Gasteiger partial charge in [0.15, 0.2) is 0 Å². The van der Waals surface area contributed by atoms with Gasteiger partial charge in [-0.2, -0.15) is 0 Å². The third-order valence-electron chi connectivity index (χ3n) is 3.99. The molecular formula is C23H24NO4S+. The molecule has 3 aromatic carbocycles. The molecule has 0 atom stereocenters. The lowest BCUT2D eigenvalue weighted by atomic mass is 10.2. The predicted octanol–water partition coefficient (Wildman–Crippen LogP) is 5.12. The SMILES string of the molecule is C[N+](C)(C)c1ccccc1.O=C(O)c1ccccc1Sc1ccccc1C(=O)O. The monoisotopic (exact) mass is 410 g/mol. The summed E-state index contributed by atoms with van der Waals surface area (Å²) in [5, 5.41) is 18.2. The van der Waals surface area contributed by atoms with Gasteiger partial charge in [0.2, 0.25) is 0 Å². The Bertz CT molecular complexity index is 926. The average Bonchev–Trinajstić information content (AvgIpc) is 2.69. The summed E-state index contributed by atoms with van der Waals surface area (Å²) < 4.78 is 0.890. The van der Waals surface area contributed by atoms with E-state index in [1.807, 2.05) is 6.07 Å². The van der Waals surface area contributed by atoms with Gasteiger partial charge in [-0.3, -0.25) is 4.48 Å². The molecule has 0 amide bonds. The standard InChI is InChI=1S/C14H10O4S.C9H14N/c15-13(16)9-5-1-3-7-11(9)19-12-8-4-2-6-10(12)14(17)18;1-10(2,3)9-7-5-4-6-8-9/h1-8H,(H,15,16)(H,17,18);4-8H,1-3H3/q;+1. The quantitative estimate of drug-likeness (QED) is 0.571. The molecule has 5 nitrogen and oxygen atoms in total. The van der Waals surface area contributed by atoms with E-state index in [0.29, 0.717) is 9.79 Å². The normalized spacial score (nSPS) is 10.6.